The lowest BCUT2D eigenvalue weighted by atomic mass is 10.1. The van der Waals surface area contributed by atoms with Gasteiger partial charge in [0.05, 0.1) is 11.6 Å². The highest BCUT2D eigenvalue weighted by molar-refractivity contribution is 6.04. The predicted octanol–water partition coefficient (Wildman–Crippen LogP) is 4.24. The Labute approximate surface area is 161 Å². The number of benzene rings is 1. The Bertz CT molecular complexity index is 1060. The molecule has 5 nitrogen and oxygen atoms in total. The minimum atomic E-state index is -0.683. The van der Waals surface area contributed by atoms with Crippen LogP contribution in [0.25, 0.3) is 11.2 Å². The minimum absolute atomic E-state index is 0.234. The van der Waals surface area contributed by atoms with Crippen molar-refractivity contribution in [2.45, 2.75) is 52.1 Å². The maximum absolute atomic E-state index is 14.0. The number of nitrogens with zero attached hydrogens (tertiary/aromatic N) is 3. The van der Waals surface area contributed by atoms with Crippen LogP contribution in [0.15, 0.2) is 24.3 Å². The molecule has 3 aromatic rings. The smallest absolute Gasteiger partial charge is 0.254 e. The number of aromatic nitrogens is 3. The number of hydrogen-bond acceptors (Lipinski definition) is 3. The number of carbonyl (C=O) groups excluding carboxylic acids is 1. The summed E-state index contributed by atoms with van der Waals surface area (Å²) in [6.07, 6.45) is 4.17. The summed E-state index contributed by atoms with van der Waals surface area (Å²) in [5.74, 6) is -0.722. The molecular formula is C21H22F2N4O. The van der Waals surface area contributed by atoms with Crippen molar-refractivity contribution < 1.29 is 13.6 Å². The third kappa shape index (κ3) is 3.37. The van der Waals surface area contributed by atoms with Crippen molar-refractivity contribution in [2.75, 3.05) is 0 Å². The van der Waals surface area contributed by atoms with Crippen molar-refractivity contribution in [3.8, 4) is 0 Å². The fourth-order valence-electron chi connectivity index (χ4n) is 3.79. The number of fused-ring (bicyclic) bond motifs is 3. The zero-order valence-electron chi connectivity index (χ0n) is 15.9. The van der Waals surface area contributed by atoms with Gasteiger partial charge in [-0.15, -0.1) is 0 Å². The first-order chi connectivity index (χ1) is 13.4. The molecule has 1 N–H and O–H groups in total. The van der Waals surface area contributed by atoms with Crippen LogP contribution < -0.4 is 5.32 Å². The van der Waals surface area contributed by atoms with E-state index in [1.54, 1.807) is 13.0 Å². The topological polar surface area (TPSA) is 59.8 Å². The largest absolute Gasteiger partial charge is 0.345 e. The molecule has 7 heteroatoms. The van der Waals surface area contributed by atoms with Crippen molar-refractivity contribution >= 4 is 17.1 Å². The second kappa shape index (κ2) is 7.30. The molecule has 2 aromatic heterocycles. The Hall–Kier alpha value is -2.83. The molecule has 1 aliphatic rings. The van der Waals surface area contributed by atoms with E-state index in [-0.39, 0.29) is 11.5 Å². The fraction of sp³-hybridized carbons (Fsp3) is 0.381. The van der Waals surface area contributed by atoms with E-state index >= 15 is 0 Å². The van der Waals surface area contributed by atoms with Crippen LogP contribution in [-0.4, -0.2) is 20.4 Å². The molecule has 1 unspecified atom stereocenters. The van der Waals surface area contributed by atoms with Crippen LogP contribution in [-0.2, 0) is 13.0 Å². The molecule has 4 rings (SSSR count). The van der Waals surface area contributed by atoms with Crippen molar-refractivity contribution in [2.24, 2.45) is 0 Å². The Morgan fingerprint density at radius 2 is 2.00 bits per heavy atom. The summed E-state index contributed by atoms with van der Waals surface area (Å²) in [5.41, 5.74) is 2.69. The lowest BCUT2D eigenvalue weighted by Crippen LogP contribution is -2.27. The Kier molecular flexibility index (Phi) is 4.83. The maximum atomic E-state index is 14.0. The van der Waals surface area contributed by atoms with Crippen LogP contribution in [0.4, 0.5) is 8.78 Å². The van der Waals surface area contributed by atoms with Gasteiger partial charge in [0.2, 0.25) is 0 Å². The van der Waals surface area contributed by atoms with Gasteiger partial charge in [-0.2, -0.15) is 0 Å². The Balaban J connectivity index is 1.69. The molecule has 146 valence electrons. The van der Waals surface area contributed by atoms with Crippen LogP contribution in [0.2, 0.25) is 0 Å². The molecule has 0 aliphatic carbocycles. The van der Waals surface area contributed by atoms with E-state index < -0.39 is 17.7 Å². The minimum Gasteiger partial charge on any atom is -0.345 e. The molecule has 28 heavy (non-hydrogen) atoms. The van der Waals surface area contributed by atoms with Crippen LogP contribution in [0.3, 0.4) is 0 Å². The lowest BCUT2D eigenvalue weighted by molar-refractivity contribution is 0.0940. The summed E-state index contributed by atoms with van der Waals surface area (Å²) in [6, 6.07) is 4.44. The van der Waals surface area contributed by atoms with E-state index in [1.165, 1.54) is 12.1 Å². The summed E-state index contributed by atoms with van der Waals surface area (Å²) >= 11 is 0. The molecule has 0 spiro atoms. The maximum Gasteiger partial charge on any atom is 0.254 e. The molecular weight excluding hydrogens is 362 g/mol. The number of nitrogens with one attached hydrogen (secondary N) is 1. The number of aryl methyl sites for hydroxylation is 3. The van der Waals surface area contributed by atoms with Gasteiger partial charge < -0.3 is 9.88 Å². The third-order valence-corrected chi connectivity index (χ3v) is 5.21. The van der Waals surface area contributed by atoms with Crippen LogP contribution >= 0.6 is 0 Å². The van der Waals surface area contributed by atoms with Gasteiger partial charge >= 0.3 is 0 Å². The quantitative estimate of drug-likeness (QED) is 0.735. The van der Waals surface area contributed by atoms with Crippen molar-refractivity contribution in [3.05, 3.63) is 58.5 Å². The molecule has 1 aromatic carbocycles. The third-order valence-electron chi connectivity index (χ3n) is 5.21. The average Bonchev–Trinajstić information content (AvgIpc) is 2.82. The summed E-state index contributed by atoms with van der Waals surface area (Å²) in [4.78, 5) is 22.3. The molecule has 0 fully saturated rings. The summed E-state index contributed by atoms with van der Waals surface area (Å²) in [6.45, 7) is 4.36. The van der Waals surface area contributed by atoms with E-state index in [0.717, 1.165) is 55.5 Å². The molecule has 0 radical (unpaired) electrons. The average molecular weight is 384 g/mol. The van der Waals surface area contributed by atoms with E-state index in [0.29, 0.717) is 11.1 Å². The normalized spacial score (nSPS) is 15.1. The number of hydrogen-bond donors (Lipinski definition) is 1. The van der Waals surface area contributed by atoms with Crippen molar-refractivity contribution in [3.63, 3.8) is 0 Å². The summed E-state index contributed by atoms with van der Waals surface area (Å²) in [7, 11) is 0. The predicted molar refractivity (Wildman–Crippen MR) is 102 cm³/mol. The van der Waals surface area contributed by atoms with Gasteiger partial charge in [-0.05, 0) is 38.8 Å². The number of halogens is 2. The zero-order chi connectivity index (χ0) is 19.8. The molecule has 0 bridgehead atoms. The monoisotopic (exact) mass is 384 g/mol. The van der Waals surface area contributed by atoms with E-state index in [4.69, 9.17) is 4.98 Å². The van der Waals surface area contributed by atoms with Crippen molar-refractivity contribution in [1.29, 1.82) is 0 Å². The summed E-state index contributed by atoms with van der Waals surface area (Å²) in [5, 5.41) is 2.81. The Morgan fingerprint density at radius 1 is 1.18 bits per heavy atom. The first-order valence-corrected chi connectivity index (χ1v) is 9.56. The highest BCUT2D eigenvalue weighted by atomic mass is 19.1. The molecule has 0 saturated carbocycles. The SMILES string of the molecule is Cc1cc(C(=O)NC(C)c2ccc(F)cc2F)c2nc3n(c2n1)CCCCC3. The van der Waals surface area contributed by atoms with Crippen molar-refractivity contribution in [1.82, 2.24) is 19.9 Å². The highest BCUT2D eigenvalue weighted by Gasteiger charge is 2.22. The number of carbonyl (C=O) groups is 1. The molecule has 3 heterocycles. The van der Waals surface area contributed by atoms with Gasteiger partial charge in [-0.25, -0.2) is 18.7 Å². The van der Waals surface area contributed by atoms with Gasteiger partial charge in [0.25, 0.3) is 5.91 Å². The molecule has 1 atom stereocenters. The van der Waals surface area contributed by atoms with Crippen LogP contribution in [0.1, 0.15) is 59.7 Å². The summed E-state index contributed by atoms with van der Waals surface area (Å²) < 4.78 is 29.3. The standard InChI is InChI=1S/C21H22F2N4O/c1-12-10-16(19-20(24-12)27-9-5-3-4-6-18(27)26-19)21(28)25-13(2)15-8-7-14(22)11-17(15)23/h7-8,10-11,13H,3-6,9H2,1-2H3,(H,25,28). The van der Waals surface area contributed by atoms with Gasteiger partial charge in [-0.3, -0.25) is 4.79 Å². The van der Waals surface area contributed by atoms with Gasteiger partial charge in [0.15, 0.2) is 5.65 Å². The van der Waals surface area contributed by atoms with E-state index in [1.807, 2.05) is 6.92 Å². The number of rotatable bonds is 3. The molecule has 1 aliphatic heterocycles. The number of imidazole rings is 1. The first-order valence-electron chi connectivity index (χ1n) is 9.56. The van der Waals surface area contributed by atoms with E-state index in [9.17, 15) is 13.6 Å². The molecule has 0 saturated heterocycles. The van der Waals surface area contributed by atoms with Gasteiger partial charge in [-0.1, -0.05) is 12.5 Å². The second-order valence-corrected chi connectivity index (χ2v) is 7.33. The second-order valence-electron chi connectivity index (χ2n) is 7.33. The lowest BCUT2D eigenvalue weighted by Gasteiger charge is -2.15. The number of amides is 1. The fourth-order valence-corrected chi connectivity index (χ4v) is 3.79. The zero-order valence-corrected chi connectivity index (χ0v) is 15.9. The van der Waals surface area contributed by atoms with E-state index in [2.05, 4.69) is 14.9 Å². The first kappa shape index (κ1) is 18.5. The Morgan fingerprint density at radius 3 is 2.79 bits per heavy atom. The van der Waals surface area contributed by atoms with Crippen LogP contribution in [0.5, 0.6) is 0 Å². The van der Waals surface area contributed by atoms with Gasteiger partial charge in [0, 0.05) is 30.3 Å². The molecule has 1 amide bonds. The highest BCUT2D eigenvalue weighted by Crippen LogP contribution is 2.25. The number of pyridine rings is 1. The van der Waals surface area contributed by atoms with Gasteiger partial charge in [0.1, 0.15) is 23.0 Å². The van der Waals surface area contributed by atoms with Crippen LogP contribution in [0, 0.1) is 18.6 Å².